The van der Waals surface area contributed by atoms with E-state index in [1.165, 1.54) is 11.8 Å². The minimum Gasteiger partial charge on any atom is -0.385 e. The maximum absolute atomic E-state index is 13.1. The quantitative estimate of drug-likeness (QED) is 0.173. The van der Waals surface area contributed by atoms with Gasteiger partial charge < -0.3 is 15.5 Å². The van der Waals surface area contributed by atoms with Crippen LogP contribution in [0.4, 0.5) is 17.3 Å². The van der Waals surface area contributed by atoms with Crippen LogP contribution in [-0.2, 0) is 24.2 Å². The van der Waals surface area contributed by atoms with Gasteiger partial charge in [-0.05, 0) is 85.3 Å². The highest BCUT2D eigenvalue weighted by atomic mass is 32.2. The summed E-state index contributed by atoms with van der Waals surface area (Å²) in [7, 11) is -3.30. The van der Waals surface area contributed by atoms with Gasteiger partial charge in [-0.1, -0.05) is 30.3 Å². The molecule has 0 saturated carbocycles. The summed E-state index contributed by atoms with van der Waals surface area (Å²) in [6, 6.07) is 24.2. The number of sulfone groups is 1. The van der Waals surface area contributed by atoms with Gasteiger partial charge in [0.1, 0.15) is 6.04 Å². The van der Waals surface area contributed by atoms with Crippen LogP contribution >= 0.6 is 0 Å². The van der Waals surface area contributed by atoms with Crippen LogP contribution in [0.3, 0.4) is 0 Å². The van der Waals surface area contributed by atoms with Crippen molar-refractivity contribution >= 4 is 62.3 Å². The normalized spacial score (nSPS) is 17.6. The van der Waals surface area contributed by atoms with Gasteiger partial charge in [-0.3, -0.25) is 34.2 Å². The van der Waals surface area contributed by atoms with Crippen molar-refractivity contribution in [1.29, 1.82) is 0 Å². The van der Waals surface area contributed by atoms with E-state index in [4.69, 9.17) is 0 Å². The van der Waals surface area contributed by atoms with Crippen LogP contribution in [0.25, 0.3) is 16.9 Å². The summed E-state index contributed by atoms with van der Waals surface area (Å²) in [5.41, 5.74) is 5.21. The first kappa shape index (κ1) is 36.6. The summed E-state index contributed by atoms with van der Waals surface area (Å²) in [6.45, 7) is 1.62. The van der Waals surface area contributed by atoms with E-state index in [1.54, 1.807) is 47.0 Å². The lowest BCUT2D eigenvalue weighted by atomic mass is 9.89. The summed E-state index contributed by atoms with van der Waals surface area (Å²) in [6.07, 6.45) is 3.24. The number of piperidine rings is 2. The molecule has 0 radical (unpaired) electrons. The second kappa shape index (κ2) is 14.7. The Balaban J connectivity index is 0.818. The van der Waals surface area contributed by atoms with Crippen LogP contribution in [0.1, 0.15) is 64.3 Å². The third-order valence-electron chi connectivity index (χ3n) is 10.5. The smallest absolute Gasteiger partial charge is 0.262 e. The third-order valence-corrected chi connectivity index (χ3v) is 11.7. The maximum Gasteiger partial charge on any atom is 0.262 e. The predicted molar refractivity (Wildman–Crippen MR) is 206 cm³/mol. The number of hydrogen-bond donors (Lipinski definition) is 3. The molecule has 5 amide bonds. The fourth-order valence-corrected chi connectivity index (χ4v) is 8.16. The van der Waals surface area contributed by atoms with Gasteiger partial charge in [-0.15, -0.1) is 5.10 Å². The molecule has 8 rings (SSSR count). The van der Waals surface area contributed by atoms with E-state index < -0.39 is 39.5 Å². The number of rotatable bonds is 10. The number of hydrogen-bond acceptors (Lipinski definition) is 11. The summed E-state index contributed by atoms with van der Waals surface area (Å²) >= 11 is 0. The van der Waals surface area contributed by atoms with Crippen molar-refractivity contribution in [2.24, 2.45) is 0 Å². The molecule has 5 aromatic rings. The molecule has 1 unspecified atom stereocenters. The van der Waals surface area contributed by atoms with E-state index in [9.17, 15) is 32.4 Å². The molecule has 56 heavy (non-hydrogen) atoms. The third kappa shape index (κ3) is 7.22. The molecule has 3 aliphatic heterocycles. The minimum atomic E-state index is -3.30. The van der Waals surface area contributed by atoms with Crippen molar-refractivity contribution in [1.82, 2.24) is 29.7 Å². The number of amides is 5. The Labute approximate surface area is 322 Å². The van der Waals surface area contributed by atoms with Gasteiger partial charge in [0.25, 0.3) is 11.8 Å². The SMILES string of the molecule is CS(=O)(=O)c1ccc(-c2cccc3nc(Nc4ccc(C5CCN(C(=O)CCNc6ccc7c(c6)C(=O)N(C6CCC(=O)NC6=O)C7=O)CC5)cc4)nn23)cc1. The van der Waals surface area contributed by atoms with Crippen molar-refractivity contribution in [2.75, 3.05) is 36.5 Å². The average Bonchev–Trinajstić information content (AvgIpc) is 3.71. The van der Waals surface area contributed by atoms with Gasteiger partial charge in [0.15, 0.2) is 15.5 Å². The molecule has 0 bridgehead atoms. The molecular weight excluding hydrogens is 737 g/mol. The Morgan fingerprint density at radius 3 is 2.29 bits per heavy atom. The summed E-state index contributed by atoms with van der Waals surface area (Å²) in [4.78, 5) is 70.8. The Kier molecular flexibility index (Phi) is 9.58. The number of likely N-dealkylation sites (tertiary alicyclic amines) is 1. The van der Waals surface area contributed by atoms with Gasteiger partial charge in [-0.25, -0.2) is 12.9 Å². The zero-order valence-electron chi connectivity index (χ0n) is 30.4. The van der Waals surface area contributed by atoms with Gasteiger partial charge in [0, 0.05) is 55.7 Å². The highest BCUT2D eigenvalue weighted by Crippen LogP contribution is 2.32. The lowest BCUT2D eigenvalue weighted by Crippen LogP contribution is -2.54. The molecule has 3 aliphatic rings. The molecule has 286 valence electrons. The largest absolute Gasteiger partial charge is 0.385 e. The zero-order chi connectivity index (χ0) is 39.1. The number of fused-ring (bicyclic) bond motifs is 2. The summed E-state index contributed by atoms with van der Waals surface area (Å²) < 4.78 is 25.5. The number of nitrogens with zero attached hydrogens (tertiary/aromatic N) is 5. The van der Waals surface area contributed by atoms with Crippen LogP contribution in [0.5, 0.6) is 0 Å². The monoisotopic (exact) mass is 774 g/mol. The van der Waals surface area contributed by atoms with Crippen molar-refractivity contribution in [2.45, 2.75) is 49.0 Å². The second-order valence-corrected chi connectivity index (χ2v) is 16.2. The standard InChI is InChI=1S/C40H38N8O7S/c1-56(54,55)29-12-7-26(8-13-29)32-3-2-4-34-43-40(45-48(32)34)42-27-9-5-24(6-10-27)25-18-21-46(22-19-25)36(50)17-20-41-28-11-14-30-31(23-28)39(53)47(38(30)52)33-15-16-35(49)44-37(33)51/h2-14,23,25,33,41H,15-22H2,1H3,(H,42,45)(H,44,49,51). The van der Waals surface area contributed by atoms with Crippen molar-refractivity contribution in [3.8, 4) is 11.3 Å². The van der Waals surface area contributed by atoms with Crippen LogP contribution in [0.2, 0.25) is 0 Å². The molecule has 2 fully saturated rings. The van der Waals surface area contributed by atoms with Gasteiger partial charge in [0.2, 0.25) is 23.7 Å². The van der Waals surface area contributed by atoms with E-state index in [0.717, 1.165) is 34.7 Å². The molecular formula is C40H38N8O7S. The average molecular weight is 775 g/mol. The van der Waals surface area contributed by atoms with E-state index in [0.29, 0.717) is 42.8 Å². The molecule has 3 N–H and O–H groups in total. The van der Waals surface area contributed by atoms with E-state index in [1.807, 2.05) is 35.2 Å². The summed E-state index contributed by atoms with van der Waals surface area (Å²) in [5, 5.41) is 13.3. The number of aromatic nitrogens is 3. The molecule has 0 spiro atoms. The number of carbonyl (C=O) groups is 5. The predicted octanol–water partition coefficient (Wildman–Crippen LogP) is 4.15. The van der Waals surface area contributed by atoms with E-state index >= 15 is 0 Å². The van der Waals surface area contributed by atoms with Gasteiger partial charge in [0.05, 0.1) is 21.7 Å². The lowest BCUT2D eigenvalue weighted by molar-refractivity contribution is -0.136. The number of imide groups is 2. The fourth-order valence-electron chi connectivity index (χ4n) is 7.53. The first-order valence-corrected chi connectivity index (χ1v) is 20.2. The van der Waals surface area contributed by atoms with E-state index in [-0.39, 0.29) is 41.2 Å². The topological polar surface area (TPSA) is 192 Å². The van der Waals surface area contributed by atoms with Crippen LogP contribution < -0.4 is 16.0 Å². The van der Waals surface area contributed by atoms with Crippen molar-refractivity contribution in [3.63, 3.8) is 0 Å². The number of nitrogens with one attached hydrogen (secondary N) is 3. The van der Waals surface area contributed by atoms with Gasteiger partial charge >= 0.3 is 0 Å². The Morgan fingerprint density at radius 2 is 1.57 bits per heavy atom. The highest BCUT2D eigenvalue weighted by molar-refractivity contribution is 7.90. The lowest BCUT2D eigenvalue weighted by Gasteiger charge is -2.32. The molecule has 0 aliphatic carbocycles. The molecule has 2 saturated heterocycles. The first-order chi connectivity index (χ1) is 26.9. The van der Waals surface area contributed by atoms with Crippen LogP contribution in [0.15, 0.2) is 89.8 Å². The molecule has 16 heteroatoms. The van der Waals surface area contributed by atoms with Crippen LogP contribution in [0, 0.1) is 0 Å². The van der Waals surface area contributed by atoms with Crippen molar-refractivity contribution < 1.29 is 32.4 Å². The second-order valence-electron chi connectivity index (χ2n) is 14.2. The molecule has 2 aromatic heterocycles. The number of carbonyl (C=O) groups excluding carboxylic acids is 5. The maximum atomic E-state index is 13.1. The Morgan fingerprint density at radius 1 is 0.857 bits per heavy atom. The van der Waals surface area contributed by atoms with Crippen LogP contribution in [-0.4, -0.2) is 94.3 Å². The van der Waals surface area contributed by atoms with Crippen molar-refractivity contribution in [3.05, 3.63) is 102 Å². The number of benzene rings is 3. The molecule has 5 heterocycles. The Bertz CT molecular complexity index is 2510. The minimum absolute atomic E-state index is 0.0287. The highest BCUT2D eigenvalue weighted by Gasteiger charge is 2.44. The fraction of sp³-hybridized carbons (Fsp3) is 0.275. The Hall–Kier alpha value is -6.42. The zero-order valence-corrected chi connectivity index (χ0v) is 31.2. The van der Waals surface area contributed by atoms with Gasteiger partial charge in [-0.2, -0.15) is 4.98 Å². The van der Waals surface area contributed by atoms with E-state index in [2.05, 4.69) is 38.2 Å². The summed E-state index contributed by atoms with van der Waals surface area (Å²) in [5.74, 6) is -1.46. The molecule has 15 nitrogen and oxygen atoms in total. The first-order valence-electron chi connectivity index (χ1n) is 18.3. The number of pyridine rings is 1. The number of anilines is 3. The molecule has 3 aromatic carbocycles. The molecule has 1 atom stereocenters.